The molecule has 29 heavy (non-hydrogen) atoms. The number of hydrogen-bond donors (Lipinski definition) is 1. The molecule has 0 saturated carbocycles. The Morgan fingerprint density at radius 1 is 1.17 bits per heavy atom. The first-order chi connectivity index (χ1) is 13.8. The zero-order valence-electron chi connectivity index (χ0n) is 18.3. The molecule has 1 aromatic rings. The van der Waals surface area contributed by atoms with Gasteiger partial charge in [-0.2, -0.15) is 0 Å². The molecule has 0 heterocycles. The lowest BCUT2D eigenvalue weighted by atomic mass is 10.0. The van der Waals surface area contributed by atoms with Crippen molar-refractivity contribution in [2.24, 2.45) is 0 Å². The third-order valence-electron chi connectivity index (χ3n) is 5.00. The summed E-state index contributed by atoms with van der Waals surface area (Å²) in [6.45, 7) is 6.98. The average Bonchev–Trinajstić information content (AvgIpc) is 2.74. The maximum absolute atomic E-state index is 12.8. The topological polar surface area (TPSA) is 79.0 Å². The molecule has 0 saturated heterocycles. The van der Waals surface area contributed by atoms with Crippen LogP contribution in [0.25, 0.3) is 0 Å². The van der Waals surface area contributed by atoms with Crippen LogP contribution in [0.1, 0.15) is 32.8 Å². The van der Waals surface area contributed by atoms with Crippen molar-refractivity contribution < 1.29 is 19.1 Å². The average molecular weight is 406 g/mol. The molecule has 1 amide bonds. The number of carbonyl (C=O) groups excluding carboxylic acids is 3. The zero-order chi connectivity index (χ0) is 21.8. The summed E-state index contributed by atoms with van der Waals surface area (Å²) in [5.74, 6) is -0.607. The predicted molar refractivity (Wildman–Crippen MR) is 114 cm³/mol. The molecule has 0 spiro atoms. The van der Waals surface area contributed by atoms with Crippen LogP contribution >= 0.6 is 0 Å². The number of rotatable bonds is 13. The molecule has 7 heteroatoms. The van der Waals surface area contributed by atoms with Gasteiger partial charge in [-0.15, -0.1) is 0 Å². The molecule has 1 rings (SSSR count). The van der Waals surface area contributed by atoms with Gasteiger partial charge in [0.15, 0.2) is 0 Å². The van der Waals surface area contributed by atoms with Crippen molar-refractivity contribution in [2.45, 2.75) is 51.7 Å². The molecular formula is C22H35N3O4. The highest BCUT2D eigenvalue weighted by molar-refractivity contribution is 5.85. The zero-order valence-corrected chi connectivity index (χ0v) is 18.3. The molecule has 0 bridgehead atoms. The van der Waals surface area contributed by atoms with Crippen molar-refractivity contribution in [3.05, 3.63) is 35.9 Å². The van der Waals surface area contributed by atoms with Crippen LogP contribution in [-0.4, -0.2) is 79.9 Å². The molecule has 7 nitrogen and oxygen atoms in total. The van der Waals surface area contributed by atoms with Crippen LogP contribution < -0.4 is 5.32 Å². The number of aryl methyl sites for hydroxylation is 1. The minimum Gasteiger partial charge on any atom is -0.465 e. The van der Waals surface area contributed by atoms with Gasteiger partial charge in [0.25, 0.3) is 0 Å². The Kier molecular flexibility index (Phi) is 11.2. The smallest absolute Gasteiger partial charge is 0.323 e. The number of hydrogen-bond acceptors (Lipinski definition) is 6. The second kappa shape index (κ2) is 13.1. The lowest BCUT2D eigenvalue weighted by Gasteiger charge is -2.30. The van der Waals surface area contributed by atoms with Gasteiger partial charge in [-0.3, -0.25) is 14.9 Å². The highest BCUT2D eigenvalue weighted by atomic mass is 16.5. The van der Waals surface area contributed by atoms with Crippen molar-refractivity contribution in [3.8, 4) is 0 Å². The molecule has 0 aromatic heterocycles. The molecule has 0 aliphatic rings. The molecule has 0 unspecified atom stereocenters. The van der Waals surface area contributed by atoms with E-state index in [0.29, 0.717) is 19.4 Å². The number of amides is 1. The fourth-order valence-electron chi connectivity index (χ4n) is 3.01. The minimum atomic E-state index is -0.625. The molecule has 0 aliphatic carbocycles. The number of aldehydes is 1. The molecule has 1 aromatic carbocycles. The summed E-state index contributed by atoms with van der Waals surface area (Å²) in [5.41, 5.74) is 1.11. The largest absolute Gasteiger partial charge is 0.465 e. The van der Waals surface area contributed by atoms with Gasteiger partial charge in [-0.1, -0.05) is 37.3 Å². The number of benzene rings is 1. The Morgan fingerprint density at radius 2 is 1.83 bits per heavy atom. The second-order valence-corrected chi connectivity index (χ2v) is 7.22. The Bertz CT molecular complexity index is 638. The number of carbonyl (C=O) groups is 3. The Morgan fingerprint density at radius 3 is 2.38 bits per heavy atom. The lowest BCUT2D eigenvalue weighted by Crippen LogP contribution is -2.54. The maximum atomic E-state index is 12.8. The fraction of sp³-hybridized carbons (Fsp3) is 0.591. The van der Waals surface area contributed by atoms with E-state index in [9.17, 15) is 14.4 Å². The van der Waals surface area contributed by atoms with E-state index >= 15 is 0 Å². The van der Waals surface area contributed by atoms with Crippen LogP contribution in [0, 0.1) is 0 Å². The number of ether oxygens (including phenoxy) is 1. The third-order valence-corrected chi connectivity index (χ3v) is 5.00. The van der Waals surface area contributed by atoms with Crippen LogP contribution in [0.5, 0.6) is 0 Å². The van der Waals surface area contributed by atoms with Crippen LogP contribution in [0.15, 0.2) is 30.3 Å². The third kappa shape index (κ3) is 8.33. The highest BCUT2D eigenvalue weighted by Gasteiger charge is 2.29. The first kappa shape index (κ1) is 24.8. The Hall–Kier alpha value is -2.25. The molecule has 0 fully saturated rings. The summed E-state index contributed by atoms with van der Waals surface area (Å²) < 4.78 is 5.18. The first-order valence-corrected chi connectivity index (χ1v) is 10.2. The second-order valence-electron chi connectivity index (χ2n) is 7.22. The minimum absolute atomic E-state index is 0.236. The van der Waals surface area contributed by atoms with Crippen molar-refractivity contribution in [2.75, 3.05) is 33.8 Å². The van der Waals surface area contributed by atoms with Gasteiger partial charge in [-0.25, -0.2) is 0 Å². The molecular weight excluding hydrogens is 370 g/mol. The van der Waals surface area contributed by atoms with Crippen LogP contribution in [0.3, 0.4) is 0 Å². The van der Waals surface area contributed by atoms with E-state index < -0.39 is 18.1 Å². The van der Waals surface area contributed by atoms with Gasteiger partial charge in [0.2, 0.25) is 5.91 Å². The summed E-state index contributed by atoms with van der Waals surface area (Å²) in [6.07, 6.45) is 1.99. The van der Waals surface area contributed by atoms with Crippen LogP contribution in [-0.2, 0) is 25.5 Å². The number of esters is 1. The molecule has 0 aliphatic heterocycles. The summed E-state index contributed by atoms with van der Waals surface area (Å²) in [4.78, 5) is 40.1. The van der Waals surface area contributed by atoms with Gasteiger partial charge in [-0.05, 0) is 45.8 Å². The van der Waals surface area contributed by atoms with Crippen LogP contribution in [0.4, 0.5) is 0 Å². The molecule has 162 valence electrons. The van der Waals surface area contributed by atoms with Crippen LogP contribution in [0.2, 0.25) is 0 Å². The van der Waals surface area contributed by atoms with E-state index in [2.05, 4.69) is 5.32 Å². The van der Waals surface area contributed by atoms with Gasteiger partial charge >= 0.3 is 5.97 Å². The van der Waals surface area contributed by atoms with Crippen molar-refractivity contribution in [3.63, 3.8) is 0 Å². The van der Waals surface area contributed by atoms with Crippen molar-refractivity contribution >= 4 is 18.2 Å². The number of nitrogens with one attached hydrogen (secondary N) is 1. The quantitative estimate of drug-likeness (QED) is 0.396. The number of likely N-dealkylation sites (N-methyl/N-ethyl adjacent to an activating group) is 2. The van der Waals surface area contributed by atoms with Crippen molar-refractivity contribution in [1.29, 1.82) is 0 Å². The van der Waals surface area contributed by atoms with E-state index in [1.807, 2.05) is 49.2 Å². The van der Waals surface area contributed by atoms with E-state index in [0.717, 1.165) is 18.4 Å². The SMILES string of the molecule is CCOC(=O)[C@H](CCc1ccccc1)N[C@@H](C)C(=O)N(C)[C@H](C=O)CN(C)CC. The van der Waals surface area contributed by atoms with E-state index in [1.165, 1.54) is 4.90 Å². The first-order valence-electron chi connectivity index (χ1n) is 10.2. The van der Waals surface area contributed by atoms with Gasteiger partial charge in [0.1, 0.15) is 12.3 Å². The molecule has 1 N–H and O–H groups in total. The maximum Gasteiger partial charge on any atom is 0.323 e. The molecule has 3 atom stereocenters. The summed E-state index contributed by atoms with van der Waals surface area (Å²) >= 11 is 0. The van der Waals surface area contributed by atoms with E-state index in [1.54, 1.807) is 20.9 Å². The fourth-order valence-corrected chi connectivity index (χ4v) is 3.01. The normalized spacial score (nSPS) is 14.1. The lowest BCUT2D eigenvalue weighted by molar-refractivity contribution is -0.146. The number of nitrogens with zero attached hydrogens (tertiary/aromatic N) is 2. The van der Waals surface area contributed by atoms with E-state index in [-0.39, 0.29) is 18.5 Å². The van der Waals surface area contributed by atoms with E-state index in [4.69, 9.17) is 4.74 Å². The monoisotopic (exact) mass is 405 g/mol. The van der Waals surface area contributed by atoms with Gasteiger partial charge in [0, 0.05) is 13.6 Å². The van der Waals surface area contributed by atoms with Gasteiger partial charge < -0.3 is 19.3 Å². The van der Waals surface area contributed by atoms with Crippen molar-refractivity contribution in [1.82, 2.24) is 15.1 Å². The Labute approximate surface area is 174 Å². The highest BCUT2D eigenvalue weighted by Crippen LogP contribution is 2.09. The standard InChI is InChI=1S/C22H35N3O4/c1-6-24(4)15-19(16-26)25(5)21(27)17(3)23-20(22(28)29-7-2)14-13-18-11-9-8-10-12-18/h8-12,16-17,19-20,23H,6-7,13-15H2,1-5H3/t17-,19-,20-/m0/s1. The summed E-state index contributed by atoms with van der Waals surface area (Å²) in [5, 5.41) is 3.10. The Balaban J connectivity index is 2.77. The summed E-state index contributed by atoms with van der Waals surface area (Å²) in [7, 11) is 3.52. The summed E-state index contributed by atoms with van der Waals surface area (Å²) in [6, 6.07) is 8.09. The molecule has 0 radical (unpaired) electrons. The predicted octanol–water partition coefficient (Wildman–Crippen LogP) is 1.51. The van der Waals surface area contributed by atoms with Gasteiger partial charge in [0.05, 0.1) is 18.7 Å².